The lowest BCUT2D eigenvalue weighted by Crippen LogP contribution is -2.36. The fourth-order valence-electron chi connectivity index (χ4n) is 1.27. The lowest BCUT2D eigenvalue weighted by atomic mass is 10.1. The van der Waals surface area contributed by atoms with Crippen molar-refractivity contribution in [3.8, 4) is 0 Å². The largest absolute Gasteiger partial charge is 0.488 e. The Kier molecular flexibility index (Phi) is 6.90. The van der Waals surface area contributed by atoms with Crippen LogP contribution in [0.15, 0.2) is 11.8 Å². The fraction of sp³-hybridized carbons (Fsp3) is 0.636. The molecular weight excluding hydrogens is 267 g/mol. The first-order chi connectivity index (χ1) is 8.22. The number of halogens is 3. The van der Waals surface area contributed by atoms with Gasteiger partial charge in [0.1, 0.15) is 0 Å². The highest BCUT2D eigenvalue weighted by atomic mass is 32.1. The Bertz CT molecular complexity index is 340. The van der Waals surface area contributed by atoms with E-state index in [1.807, 2.05) is 6.92 Å². The molecule has 7 heteroatoms. The number of thiocarbonyl (C=S) groups is 1. The number of allylic oxidation sites excluding steroid dienone is 2. The van der Waals surface area contributed by atoms with Crippen molar-refractivity contribution >= 4 is 23.1 Å². The van der Waals surface area contributed by atoms with Crippen molar-refractivity contribution in [2.45, 2.75) is 38.9 Å². The van der Waals surface area contributed by atoms with E-state index < -0.39 is 12.0 Å². The topological polar surface area (TPSA) is 38.3 Å². The van der Waals surface area contributed by atoms with Gasteiger partial charge in [0, 0.05) is 11.8 Å². The van der Waals surface area contributed by atoms with E-state index in [4.69, 9.17) is 17.0 Å². The van der Waals surface area contributed by atoms with E-state index in [9.17, 15) is 18.0 Å². The predicted molar refractivity (Wildman–Crippen MR) is 66.3 cm³/mol. The highest BCUT2D eigenvalue weighted by Gasteiger charge is 2.36. The third-order valence-corrected chi connectivity index (χ3v) is 2.54. The lowest BCUT2D eigenvalue weighted by molar-refractivity contribution is -0.165. The molecule has 1 unspecified atom stereocenters. The molecule has 0 amide bonds. The molecule has 0 aliphatic rings. The summed E-state index contributed by atoms with van der Waals surface area (Å²) in [7, 11) is 1.40. The maximum atomic E-state index is 12.0. The predicted octanol–water partition coefficient (Wildman–Crippen LogP) is 2.75. The minimum Gasteiger partial charge on any atom is -0.488 e. The van der Waals surface area contributed by atoms with Gasteiger partial charge in [-0.05, 0) is 25.6 Å². The SMILES string of the molecule is CCCC(N/C(C)=C\C(=O)C(F)(F)F)C(=S)OC. The van der Waals surface area contributed by atoms with Crippen molar-refractivity contribution in [2.75, 3.05) is 7.11 Å². The first-order valence-electron chi connectivity index (χ1n) is 5.36. The lowest BCUT2D eigenvalue weighted by Gasteiger charge is -2.19. The summed E-state index contributed by atoms with van der Waals surface area (Å²) in [6.07, 6.45) is -2.95. The summed E-state index contributed by atoms with van der Waals surface area (Å²) in [5.41, 5.74) is 0.107. The maximum Gasteiger partial charge on any atom is 0.454 e. The van der Waals surface area contributed by atoms with Gasteiger partial charge in [0.05, 0.1) is 13.2 Å². The Hall–Kier alpha value is -1.11. The average Bonchev–Trinajstić information content (AvgIpc) is 2.26. The number of methoxy groups -OCH3 is 1. The minimum atomic E-state index is -4.86. The molecule has 0 bridgehead atoms. The normalized spacial score (nSPS) is 14.0. The van der Waals surface area contributed by atoms with Crippen molar-refractivity contribution < 1.29 is 22.7 Å². The fourth-order valence-corrected chi connectivity index (χ4v) is 1.45. The average molecular weight is 283 g/mol. The van der Waals surface area contributed by atoms with Crippen molar-refractivity contribution in [1.29, 1.82) is 0 Å². The second-order valence-electron chi connectivity index (χ2n) is 3.70. The van der Waals surface area contributed by atoms with Gasteiger partial charge in [-0.2, -0.15) is 13.2 Å². The standard InChI is InChI=1S/C11H16F3NO2S/c1-4-5-8(10(18)17-3)15-7(2)6-9(16)11(12,13)14/h6,8,15H,4-5H2,1-3H3/b7-6-. The third-order valence-electron chi connectivity index (χ3n) is 2.09. The summed E-state index contributed by atoms with van der Waals surface area (Å²) in [5, 5.41) is 3.00. The van der Waals surface area contributed by atoms with Gasteiger partial charge in [0.15, 0.2) is 5.05 Å². The van der Waals surface area contributed by atoms with Crippen LogP contribution in [-0.4, -0.2) is 30.2 Å². The molecular formula is C11H16F3NO2S. The summed E-state index contributed by atoms with van der Waals surface area (Å²) < 4.78 is 41.0. The molecule has 3 nitrogen and oxygen atoms in total. The summed E-state index contributed by atoms with van der Waals surface area (Å²) in [5.74, 6) is -1.90. The Morgan fingerprint density at radius 2 is 2.06 bits per heavy atom. The van der Waals surface area contributed by atoms with Crippen LogP contribution in [0.2, 0.25) is 0 Å². The van der Waals surface area contributed by atoms with Gasteiger partial charge in [-0.25, -0.2) is 0 Å². The molecule has 0 aliphatic carbocycles. The number of hydrogen-bond acceptors (Lipinski definition) is 4. The van der Waals surface area contributed by atoms with Crippen molar-refractivity contribution in [3.63, 3.8) is 0 Å². The number of alkyl halides is 3. The molecule has 1 N–H and O–H groups in total. The Morgan fingerprint density at radius 1 is 1.50 bits per heavy atom. The quantitative estimate of drug-likeness (QED) is 0.601. The summed E-state index contributed by atoms with van der Waals surface area (Å²) in [6.45, 7) is 3.29. The van der Waals surface area contributed by atoms with Crippen LogP contribution in [0.1, 0.15) is 26.7 Å². The summed E-state index contributed by atoms with van der Waals surface area (Å²) in [6, 6.07) is -0.382. The maximum absolute atomic E-state index is 12.0. The van der Waals surface area contributed by atoms with Crippen molar-refractivity contribution in [1.82, 2.24) is 5.32 Å². The van der Waals surface area contributed by atoms with Crippen LogP contribution >= 0.6 is 12.2 Å². The molecule has 0 aliphatic heterocycles. The van der Waals surface area contributed by atoms with Gasteiger partial charge in [-0.3, -0.25) is 4.79 Å². The molecule has 0 radical (unpaired) electrons. The number of rotatable bonds is 6. The zero-order valence-electron chi connectivity index (χ0n) is 10.4. The molecule has 0 heterocycles. The second-order valence-corrected chi connectivity index (χ2v) is 4.10. The van der Waals surface area contributed by atoms with Crippen LogP contribution in [0.5, 0.6) is 0 Å². The smallest absolute Gasteiger partial charge is 0.454 e. The van der Waals surface area contributed by atoms with E-state index in [0.717, 1.165) is 6.42 Å². The highest BCUT2D eigenvalue weighted by Crippen LogP contribution is 2.17. The molecule has 0 spiro atoms. The number of carbonyl (C=O) groups excluding carboxylic acids is 1. The van der Waals surface area contributed by atoms with Gasteiger partial charge >= 0.3 is 6.18 Å². The van der Waals surface area contributed by atoms with Gasteiger partial charge in [-0.15, -0.1) is 0 Å². The van der Waals surface area contributed by atoms with Crippen molar-refractivity contribution in [3.05, 3.63) is 11.8 Å². The Morgan fingerprint density at radius 3 is 2.44 bits per heavy atom. The third kappa shape index (κ3) is 6.00. The summed E-state index contributed by atoms with van der Waals surface area (Å²) in [4.78, 5) is 10.7. The van der Waals surface area contributed by atoms with Crippen LogP contribution in [0.3, 0.4) is 0 Å². The minimum absolute atomic E-state index is 0.107. The van der Waals surface area contributed by atoms with Gasteiger partial charge < -0.3 is 10.1 Å². The molecule has 104 valence electrons. The van der Waals surface area contributed by atoms with Crippen LogP contribution in [0.25, 0.3) is 0 Å². The van der Waals surface area contributed by atoms with Crippen molar-refractivity contribution in [2.24, 2.45) is 0 Å². The molecule has 0 aromatic heterocycles. The number of hydrogen-bond donors (Lipinski definition) is 1. The Balaban J connectivity index is 4.69. The second kappa shape index (κ2) is 7.35. The number of nitrogens with one attached hydrogen (secondary N) is 1. The number of ether oxygens (including phenoxy) is 1. The molecule has 0 aromatic rings. The highest BCUT2D eigenvalue weighted by molar-refractivity contribution is 7.80. The molecule has 0 saturated heterocycles. The van der Waals surface area contributed by atoms with E-state index in [2.05, 4.69) is 5.32 Å². The van der Waals surface area contributed by atoms with E-state index in [0.29, 0.717) is 12.5 Å². The molecule has 0 fully saturated rings. The monoisotopic (exact) mass is 283 g/mol. The van der Waals surface area contributed by atoms with Gasteiger partial charge in [-0.1, -0.05) is 13.3 Å². The van der Waals surface area contributed by atoms with E-state index in [1.54, 1.807) is 0 Å². The zero-order valence-corrected chi connectivity index (χ0v) is 11.2. The van der Waals surface area contributed by atoms with E-state index in [-0.39, 0.29) is 16.8 Å². The molecule has 1 atom stereocenters. The zero-order chi connectivity index (χ0) is 14.3. The van der Waals surface area contributed by atoms with E-state index in [1.165, 1.54) is 14.0 Å². The first-order valence-corrected chi connectivity index (χ1v) is 5.77. The van der Waals surface area contributed by atoms with Gasteiger partial charge in [0.25, 0.3) is 5.78 Å². The summed E-state index contributed by atoms with van der Waals surface area (Å²) >= 11 is 4.93. The molecule has 0 aromatic carbocycles. The Labute approximate surface area is 109 Å². The van der Waals surface area contributed by atoms with Crippen LogP contribution in [-0.2, 0) is 9.53 Å². The van der Waals surface area contributed by atoms with Crippen LogP contribution < -0.4 is 5.32 Å². The first kappa shape index (κ1) is 16.9. The van der Waals surface area contributed by atoms with Gasteiger partial charge in [0.2, 0.25) is 0 Å². The van der Waals surface area contributed by atoms with E-state index >= 15 is 0 Å². The molecule has 0 saturated carbocycles. The molecule has 0 rings (SSSR count). The van der Waals surface area contributed by atoms with Crippen LogP contribution in [0.4, 0.5) is 13.2 Å². The number of carbonyl (C=O) groups is 1. The van der Waals surface area contributed by atoms with Crippen LogP contribution in [0, 0.1) is 0 Å². The molecule has 18 heavy (non-hydrogen) atoms. The number of ketones is 1.